The predicted octanol–water partition coefficient (Wildman–Crippen LogP) is 1.59. The molecule has 1 aliphatic heterocycles. The maximum atomic E-state index is 11.3. The number of fused-ring (bicyclic) bond motifs is 1. The van der Waals surface area contributed by atoms with Gasteiger partial charge in [0.25, 0.3) is 0 Å². The third-order valence-corrected chi connectivity index (χ3v) is 2.54. The van der Waals surface area contributed by atoms with Crippen molar-refractivity contribution in [1.82, 2.24) is 9.78 Å². The van der Waals surface area contributed by atoms with E-state index in [1.54, 1.807) is 6.20 Å². The second-order valence-electron chi connectivity index (χ2n) is 3.91. The van der Waals surface area contributed by atoms with Gasteiger partial charge in [-0.25, -0.2) is 4.68 Å². The van der Waals surface area contributed by atoms with Crippen molar-refractivity contribution in [2.75, 3.05) is 0 Å². The second-order valence-corrected chi connectivity index (χ2v) is 3.91. The van der Waals surface area contributed by atoms with Gasteiger partial charge in [-0.3, -0.25) is 4.79 Å². The average molecular weight is 164 g/mol. The van der Waals surface area contributed by atoms with Crippen molar-refractivity contribution in [2.24, 2.45) is 0 Å². The molecule has 0 radical (unpaired) electrons. The summed E-state index contributed by atoms with van der Waals surface area (Å²) in [5.41, 5.74) is 1.14. The summed E-state index contributed by atoms with van der Waals surface area (Å²) < 4.78 is 1.53. The van der Waals surface area contributed by atoms with E-state index in [1.165, 1.54) is 4.68 Å². The van der Waals surface area contributed by atoms with Crippen LogP contribution < -0.4 is 0 Å². The topological polar surface area (TPSA) is 34.9 Å². The molecule has 2 heterocycles. The molecule has 1 aromatic heterocycles. The lowest BCUT2D eigenvalue weighted by Crippen LogP contribution is -2.32. The number of hydrogen-bond donors (Lipinski definition) is 0. The monoisotopic (exact) mass is 164 g/mol. The Kier molecular flexibility index (Phi) is 1.37. The van der Waals surface area contributed by atoms with Crippen molar-refractivity contribution in [3.05, 3.63) is 18.0 Å². The molecule has 3 heteroatoms. The first-order valence-electron chi connectivity index (χ1n) is 4.19. The van der Waals surface area contributed by atoms with Crippen molar-refractivity contribution in [3.63, 3.8) is 0 Å². The first kappa shape index (κ1) is 7.53. The van der Waals surface area contributed by atoms with E-state index >= 15 is 0 Å². The van der Waals surface area contributed by atoms with Crippen LogP contribution in [0.4, 0.5) is 0 Å². The molecule has 3 nitrogen and oxygen atoms in total. The number of carbonyl (C=O) groups is 1. The third-order valence-electron chi connectivity index (χ3n) is 2.54. The molecule has 12 heavy (non-hydrogen) atoms. The summed E-state index contributed by atoms with van der Waals surface area (Å²) in [5, 5.41) is 4.00. The zero-order chi connectivity index (χ0) is 8.77. The summed E-state index contributed by atoms with van der Waals surface area (Å²) in [6, 6.07) is 1.93. The van der Waals surface area contributed by atoms with Gasteiger partial charge in [-0.05, 0) is 12.5 Å². The minimum Gasteiger partial charge on any atom is -0.273 e. The molecule has 64 valence electrons. The Morgan fingerprint density at radius 3 is 3.00 bits per heavy atom. The molecule has 0 spiro atoms. The van der Waals surface area contributed by atoms with E-state index < -0.39 is 0 Å². The third kappa shape index (κ3) is 0.891. The molecule has 1 aromatic rings. The fourth-order valence-electron chi connectivity index (χ4n) is 1.67. The summed E-state index contributed by atoms with van der Waals surface area (Å²) in [6.45, 7) is 4.29. The van der Waals surface area contributed by atoms with Gasteiger partial charge >= 0.3 is 0 Å². The molecule has 1 aliphatic rings. The highest BCUT2D eigenvalue weighted by Gasteiger charge is 2.31. The Morgan fingerprint density at radius 2 is 2.33 bits per heavy atom. The lowest BCUT2D eigenvalue weighted by Gasteiger charge is -2.29. The van der Waals surface area contributed by atoms with Crippen molar-refractivity contribution >= 4 is 5.91 Å². The van der Waals surface area contributed by atoms with Gasteiger partial charge in [-0.15, -0.1) is 0 Å². The SMILES string of the molecule is CC1(C)CCC(=O)n2nccc21. The molecule has 0 unspecified atom stereocenters. The first-order valence-corrected chi connectivity index (χ1v) is 4.19. The molecule has 0 saturated heterocycles. The van der Waals surface area contributed by atoms with Crippen molar-refractivity contribution in [1.29, 1.82) is 0 Å². The molecule has 0 amide bonds. The van der Waals surface area contributed by atoms with Crippen LogP contribution in [0.15, 0.2) is 12.3 Å². The molecule has 0 N–H and O–H groups in total. The summed E-state index contributed by atoms with van der Waals surface area (Å²) in [7, 11) is 0. The van der Waals surface area contributed by atoms with E-state index in [4.69, 9.17) is 0 Å². The van der Waals surface area contributed by atoms with Gasteiger partial charge in [0.05, 0.1) is 5.69 Å². The summed E-state index contributed by atoms with van der Waals surface area (Å²) in [5.74, 6) is 0.120. The highest BCUT2D eigenvalue weighted by atomic mass is 16.2. The Balaban J connectivity index is 2.57. The Labute approximate surface area is 71.4 Å². The summed E-state index contributed by atoms with van der Waals surface area (Å²) in [6.07, 6.45) is 3.24. The Morgan fingerprint density at radius 1 is 1.58 bits per heavy atom. The van der Waals surface area contributed by atoms with Crippen LogP contribution in [0.25, 0.3) is 0 Å². The molecule has 0 aliphatic carbocycles. The lowest BCUT2D eigenvalue weighted by atomic mass is 9.82. The van der Waals surface area contributed by atoms with E-state index in [2.05, 4.69) is 18.9 Å². The zero-order valence-corrected chi connectivity index (χ0v) is 7.37. The number of carbonyl (C=O) groups excluding carboxylic acids is 1. The normalized spacial score (nSPS) is 20.7. The van der Waals surface area contributed by atoms with Crippen LogP contribution in [0, 0.1) is 0 Å². The average Bonchev–Trinajstić information content (AvgIpc) is 2.46. The van der Waals surface area contributed by atoms with Crippen LogP contribution in [0.1, 0.15) is 37.2 Å². The second kappa shape index (κ2) is 2.19. The molecular formula is C9H12N2O. The van der Waals surface area contributed by atoms with Crippen LogP contribution in [0.2, 0.25) is 0 Å². The van der Waals surface area contributed by atoms with E-state index in [0.717, 1.165) is 12.1 Å². The zero-order valence-electron chi connectivity index (χ0n) is 7.37. The van der Waals surface area contributed by atoms with Gasteiger partial charge < -0.3 is 0 Å². The van der Waals surface area contributed by atoms with E-state index in [0.29, 0.717) is 6.42 Å². The largest absolute Gasteiger partial charge is 0.273 e. The highest BCUT2D eigenvalue weighted by molar-refractivity contribution is 5.80. The van der Waals surface area contributed by atoms with Gasteiger partial charge in [-0.1, -0.05) is 13.8 Å². The molecule has 0 aromatic carbocycles. The fraction of sp³-hybridized carbons (Fsp3) is 0.556. The molecule has 0 fully saturated rings. The Bertz CT molecular complexity index is 325. The first-order chi connectivity index (χ1) is 5.61. The number of hydrogen-bond acceptors (Lipinski definition) is 2. The Hall–Kier alpha value is -1.12. The van der Waals surface area contributed by atoms with Gasteiger partial charge in [0.1, 0.15) is 0 Å². The van der Waals surface area contributed by atoms with Crippen LogP contribution in [0.5, 0.6) is 0 Å². The van der Waals surface area contributed by atoms with Crippen LogP contribution in [-0.4, -0.2) is 15.7 Å². The molecule has 0 atom stereocenters. The summed E-state index contributed by atoms with van der Waals surface area (Å²) >= 11 is 0. The van der Waals surface area contributed by atoms with Crippen LogP contribution >= 0.6 is 0 Å². The van der Waals surface area contributed by atoms with Crippen molar-refractivity contribution < 1.29 is 4.79 Å². The lowest BCUT2D eigenvalue weighted by molar-refractivity contribution is 0.0839. The molecule has 0 bridgehead atoms. The smallest absolute Gasteiger partial charge is 0.247 e. The molecular weight excluding hydrogens is 152 g/mol. The van der Waals surface area contributed by atoms with Gasteiger partial charge in [0, 0.05) is 18.0 Å². The maximum absolute atomic E-state index is 11.3. The number of nitrogens with zero attached hydrogens (tertiary/aromatic N) is 2. The van der Waals surface area contributed by atoms with Crippen LogP contribution in [-0.2, 0) is 5.41 Å². The van der Waals surface area contributed by atoms with Gasteiger partial charge in [0.15, 0.2) is 0 Å². The fourth-order valence-corrected chi connectivity index (χ4v) is 1.67. The number of rotatable bonds is 0. The minimum absolute atomic E-state index is 0.102. The maximum Gasteiger partial charge on any atom is 0.247 e. The van der Waals surface area contributed by atoms with Gasteiger partial charge in [0.2, 0.25) is 5.91 Å². The quantitative estimate of drug-likeness (QED) is 0.583. The van der Waals surface area contributed by atoms with Crippen molar-refractivity contribution in [3.8, 4) is 0 Å². The number of aromatic nitrogens is 2. The predicted molar refractivity (Wildman–Crippen MR) is 45.1 cm³/mol. The minimum atomic E-state index is 0.102. The van der Waals surface area contributed by atoms with E-state index in [-0.39, 0.29) is 11.3 Å². The highest BCUT2D eigenvalue weighted by Crippen LogP contribution is 2.31. The van der Waals surface area contributed by atoms with Gasteiger partial charge in [-0.2, -0.15) is 5.10 Å². The van der Waals surface area contributed by atoms with E-state index in [9.17, 15) is 4.79 Å². The molecule has 2 rings (SSSR count). The standard InChI is InChI=1S/C9H12N2O/c1-9(2)5-3-8(12)11-7(9)4-6-10-11/h4,6H,3,5H2,1-2H3. The van der Waals surface area contributed by atoms with Crippen LogP contribution in [0.3, 0.4) is 0 Å². The van der Waals surface area contributed by atoms with Crippen molar-refractivity contribution in [2.45, 2.75) is 32.1 Å². The summed E-state index contributed by atoms with van der Waals surface area (Å²) in [4.78, 5) is 11.3. The molecule has 0 saturated carbocycles. The van der Waals surface area contributed by atoms with E-state index in [1.807, 2.05) is 6.07 Å².